The van der Waals surface area contributed by atoms with Crippen LogP contribution in [-0.4, -0.2) is 0 Å². The van der Waals surface area contributed by atoms with Crippen molar-refractivity contribution in [2.24, 2.45) is 5.73 Å². The summed E-state index contributed by atoms with van der Waals surface area (Å²) in [4.78, 5) is 0. The van der Waals surface area contributed by atoms with E-state index in [2.05, 4.69) is 0 Å². The number of anilines is 1. The average Bonchev–Trinajstić information content (AvgIpc) is 2.13. The minimum absolute atomic E-state index is 0.164. The Labute approximate surface area is 72.4 Å². The average molecular weight is 170 g/mol. The minimum atomic E-state index is -0.400. The van der Waals surface area contributed by atoms with Crippen LogP contribution in [0.15, 0.2) is 18.2 Å². The van der Waals surface area contributed by atoms with Crippen molar-refractivity contribution in [1.82, 2.24) is 0 Å². The molecule has 0 bridgehead atoms. The van der Waals surface area contributed by atoms with Crippen LogP contribution in [0.2, 0.25) is 0 Å². The van der Waals surface area contributed by atoms with Gasteiger partial charge in [-0.05, 0) is 17.7 Å². The highest BCUT2D eigenvalue weighted by atomic mass is 19.1. The molecule has 12 heavy (non-hydrogen) atoms. The van der Waals surface area contributed by atoms with E-state index in [1.165, 1.54) is 12.1 Å². The number of rotatable bonds is 1. The second-order valence-corrected chi connectivity index (χ2v) is 2.06. The molecule has 0 aliphatic rings. The highest BCUT2D eigenvalue weighted by molar-refractivity contribution is 5.41. The fourth-order valence-electron chi connectivity index (χ4n) is 0.698. The van der Waals surface area contributed by atoms with Gasteiger partial charge in [0.1, 0.15) is 5.82 Å². The molecule has 2 nitrogen and oxygen atoms in total. The first-order valence-corrected chi connectivity index (χ1v) is 3.98. The third-order valence-electron chi connectivity index (χ3n) is 1.30. The van der Waals surface area contributed by atoms with Crippen molar-refractivity contribution < 1.29 is 4.39 Å². The van der Waals surface area contributed by atoms with E-state index in [4.69, 9.17) is 11.5 Å². The quantitative estimate of drug-likeness (QED) is 0.632. The predicted molar refractivity (Wildman–Crippen MR) is 50.1 cm³/mol. The van der Waals surface area contributed by atoms with Gasteiger partial charge in [0.05, 0.1) is 5.69 Å². The summed E-state index contributed by atoms with van der Waals surface area (Å²) < 4.78 is 12.6. The lowest BCUT2D eigenvalue weighted by Crippen LogP contribution is -1.98. The van der Waals surface area contributed by atoms with Crippen molar-refractivity contribution in [2.75, 3.05) is 5.73 Å². The van der Waals surface area contributed by atoms with Gasteiger partial charge in [0, 0.05) is 6.54 Å². The summed E-state index contributed by atoms with van der Waals surface area (Å²) in [7, 11) is 0. The summed E-state index contributed by atoms with van der Waals surface area (Å²) in [6.45, 7) is 4.34. The van der Waals surface area contributed by atoms with Gasteiger partial charge in [-0.2, -0.15) is 0 Å². The fraction of sp³-hybridized carbons (Fsp3) is 0.333. The third kappa shape index (κ3) is 2.88. The molecule has 0 spiro atoms. The molecule has 0 atom stereocenters. The van der Waals surface area contributed by atoms with E-state index in [-0.39, 0.29) is 5.69 Å². The van der Waals surface area contributed by atoms with Crippen LogP contribution in [-0.2, 0) is 6.54 Å². The molecule has 0 amide bonds. The molecule has 0 heterocycles. The van der Waals surface area contributed by atoms with Crippen molar-refractivity contribution in [3.05, 3.63) is 29.6 Å². The summed E-state index contributed by atoms with van der Waals surface area (Å²) >= 11 is 0. The first-order chi connectivity index (χ1) is 5.74. The number of nitrogen functional groups attached to an aromatic ring is 1. The molecule has 0 fully saturated rings. The van der Waals surface area contributed by atoms with Gasteiger partial charge in [-0.15, -0.1) is 0 Å². The van der Waals surface area contributed by atoms with Gasteiger partial charge in [-0.1, -0.05) is 19.9 Å². The van der Waals surface area contributed by atoms with Crippen molar-refractivity contribution >= 4 is 5.69 Å². The topological polar surface area (TPSA) is 52.0 Å². The van der Waals surface area contributed by atoms with Crippen molar-refractivity contribution in [3.8, 4) is 0 Å². The Hall–Kier alpha value is -1.09. The van der Waals surface area contributed by atoms with Gasteiger partial charge in [0.25, 0.3) is 0 Å². The Morgan fingerprint density at radius 1 is 1.33 bits per heavy atom. The van der Waals surface area contributed by atoms with Crippen molar-refractivity contribution in [2.45, 2.75) is 20.4 Å². The van der Waals surface area contributed by atoms with E-state index in [9.17, 15) is 4.39 Å². The molecule has 1 aromatic carbocycles. The van der Waals surface area contributed by atoms with Crippen LogP contribution in [0.5, 0.6) is 0 Å². The lowest BCUT2D eigenvalue weighted by Gasteiger charge is -1.98. The largest absolute Gasteiger partial charge is 0.396 e. The fourth-order valence-corrected chi connectivity index (χ4v) is 0.698. The van der Waals surface area contributed by atoms with Crippen LogP contribution in [0.1, 0.15) is 19.4 Å². The zero-order valence-electron chi connectivity index (χ0n) is 7.47. The van der Waals surface area contributed by atoms with Gasteiger partial charge in [0.2, 0.25) is 0 Å². The van der Waals surface area contributed by atoms with Gasteiger partial charge in [-0.25, -0.2) is 4.39 Å². The van der Waals surface area contributed by atoms with Crippen LogP contribution >= 0.6 is 0 Å². The molecule has 0 radical (unpaired) electrons. The lowest BCUT2D eigenvalue weighted by molar-refractivity contribution is 0.630. The second-order valence-electron chi connectivity index (χ2n) is 2.06. The molecular weight excluding hydrogens is 155 g/mol. The lowest BCUT2D eigenvalue weighted by atomic mass is 10.2. The molecule has 1 rings (SSSR count). The van der Waals surface area contributed by atoms with E-state index >= 15 is 0 Å². The first kappa shape index (κ1) is 10.9. The summed E-state index contributed by atoms with van der Waals surface area (Å²) in [5.74, 6) is -0.400. The highest BCUT2D eigenvalue weighted by Gasteiger charge is 1.96. The first-order valence-electron chi connectivity index (χ1n) is 3.98. The van der Waals surface area contributed by atoms with Gasteiger partial charge < -0.3 is 11.5 Å². The molecule has 4 N–H and O–H groups in total. The zero-order valence-corrected chi connectivity index (χ0v) is 7.47. The van der Waals surface area contributed by atoms with Crippen molar-refractivity contribution in [1.29, 1.82) is 0 Å². The minimum Gasteiger partial charge on any atom is -0.396 e. The van der Waals surface area contributed by atoms with E-state index in [1.807, 2.05) is 13.8 Å². The summed E-state index contributed by atoms with van der Waals surface area (Å²) in [6, 6.07) is 4.56. The van der Waals surface area contributed by atoms with Crippen LogP contribution in [0.4, 0.5) is 10.1 Å². The van der Waals surface area contributed by atoms with Crippen LogP contribution in [0, 0.1) is 5.82 Å². The molecular formula is C9H15FN2. The van der Waals surface area contributed by atoms with Gasteiger partial charge >= 0.3 is 0 Å². The van der Waals surface area contributed by atoms with Crippen LogP contribution in [0.25, 0.3) is 0 Å². The molecule has 0 aliphatic heterocycles. The van der Waals surface area contributed by atoms with Crippen LogP contribution < -0.4 is 11.5 Å². The number of halogens is 1. The molecule has 0 unspecified atom stereocenters. The third-order valence-corrected chi connectivity index (χ3v) is 1.30. The Kier molecular flexibility index (Phi) is 5.04. The van der Waals surface area contributed by atoms with Gasteiger partial charge in [-0.3, -0.25) is 0 Å². The van der Waals surface area contributed by atoms with Gasteiger partial charge in [0.15, 0.2) is 0 Å². The Bertz CT molecular complexity index is 236. The number of benzene rings is 1. The SMILES string of the molecule is CC.NCc1ccc(N)c(F)c1. The summed E-state index contributed by atoms with van der Waals surface area (Å²) in [5.41, 5.74) is 11.4. The Balaban J connectivity index is 0.000000561. The van der Waals surface area contributed by atoms with E-state index < -0.39 is 5.82 Å². The van der Waals surface area contributed by atoms with E-state index in [0.29, 0.717) is 6.54 Å². The molecule has 0 saturated heterocycles. The number of nitrogens with two attached hydrogens (primary N) is 2. The maximum atomic E-state index is 12.6. The summed E-state index contributed by atoms with van der Waals surface area (Å²) in [6.07, 6.45) is 0. The van der Waals surface area contributed by atoms with E-state index in [0.717, 1.165) is 5.56 Å². The molecule has 68 valence electrons. The highest BCUT2D eigenvalue weighted by Crippen LogP contribution is 2.10. The van der Waals surface area contributed by atoms with Crippen LogP contribution in [0.3, 0.4) is 0 Å². The Morgan fingerprint density at radius 2 is 1.92 bits per heavy atom. The smallest absolute Gasteiger partial charge is 0.146 e. The maximum Gasteiger partial charge on any atom is 0.146 e. The number of hydrogen-bond acceptors (Lipinski definition) is 2. The van der Waals surface area contributed by atoms with E-state index in [1.54, 1.807) is 6.07 Å². The Morgan fingerprint density at radius 3 is 2.33 bits per heavy atom. The van der Waals surface area contributed by atoms with Crippen molar-refractivity contribution in [3.63, 3.8) is 0 Å². The maximum absolute atomic E-state index is 12.6. The summed E-state index contributed by atoms with van der Waals surface area (Å²) in [5, 5.41) is 0. The molecule has 0 aromatic heterocycles. The molecule has 1 aromatic rings. The number of hydrogen-bond donors (Lipinski definition) is 2. The molecule has 0 aliphatic carbocycles. The predicted octanol–water partition coefficient (Wildman–Crippen LogP) is 1.89. The molecule has 3 heteroatoms. The second kappa shape index (κ2) is 5.55. The normalized spacial score (nSPS) is 8.67. The molecule has 0 saturated carbocycles. The monoisotopic (exact) mass is 170 g/mol. The standard InChI is InChI=1S/C7H9FN2.C2H6/c8-6-3-5(4-9)1-2-7(6)10;1-2/h1-3H,4,9-10H2;1-2H3. The zero-order chi connectivity index (χ0) is 9.56.